The summed E-state index contributed by atoms with van der Waals surface area (Å²) in [6.45, 7) is 0. The van der Waals surface area contributed by atoms with Crippen LogP contribution < -0.4 is 5.32 Å². The van der Waals surface area contributed by atoms with Crippen molar-refractivity contribution in [1.29, 1.82) is 0 Å². The van der Waals surface area contributed by atoms with Crippen LogP contribution in [0.1, 0.15) is 5.56 Å². The number of benzene rings is 2. The summed E-state index contributed by atoms with van der Waals surface area (Å²) in [5, 5.41) is 3.94. The fraction of sp³-hybridized carbons (Fsp3) is 0.0625. The predicted octanol–water partition coefficient (Wildman–Crippen LogP) is 5.65. The molecule has 0 fully saturated rings. The summed E-state index contributed by atoms with van der Waals surface area (Å²) in [5.74, 6) is 0. The van der Waals surface area contributed by atoms with Gasteiger partial charge < -0.3 is 5.32 Å². The van der Waals surface area contributed by atoms with Gasteiger partial charge in [0.15, 0.2) is 0 Å². The first kappa shape index (κ1) is 14.7. The number of nitrogens with zero attached hydrogens (tertiary/aromatic N) is 1. The molecule has 112 valence electrons. The monoisotopic (exact) mass is 322 g/mol. The Hall–Kier alpha value is -2.27. The van der Waals surface area contributed by atoms with Gasteiger partial charge in [0, 0.05) is 17.3 Å². The second-order valence-corrected chi connectivity index (χ2v) is 5.07. The molecular formula is C16H10ClF3N2. The van der Waals surface area contributed by atoms with Crippen LogP contribution in [0.5, 0.6) is 0 Å². The minimum atomic E-state index is -4.43. The number of para-hydroxylation sites is 2. The van der Waals surface area contributed by atoms with Crippen molar-refractivity contribution in [2.75, 3.05) is 5.32 Å². The van der Waals surface area contributed by atoms with Gasteiger partial charge in [0.1, 0.15) is 0 Å². The zero-order valence-corrected chi connectivity index (χ0v) is 11.9. The van der Waals surface area contributed by atoms with Crippen molar-refractivity contribution >= 4 is 33.9 Å². The lowest BCUT2D eigenvalue weighted by Crippen LogP contribution is -2.08. The van der Waals surface area contributed by atoms with E-state index in [-0.39, 0.29) is 5.69 Å². The number of halogens is 4. The van der Waals surface area contributed by atoms with E-state index in [1.165, 1.54) is 18.3 Å². The highest BCUT2D eigenvalue weighted by molar-refractivity contribution is 6.35. The van der Waals surface area contributed by atoms with Gasteiger partial charge in [-0.25, -0.2) is 0 Å². The number of hydrogen-bond donors (Lipinski definition) is 1. The smallest absolute Gasteiger partial charge is 0.354 e. The van der Waals surface area contributed by atoms with Gasteiger partial charge in [-0.3, -0.25) is 4.98 Å². The quantitative estimate of drug-likeness (QED) is 0.659. The molecule has 3 rings (SSSR count). The molecule has 0 spiro atoms. The number of alkyl halides is 3. The lowest BCUT2D eigenvalue weighted by molar-refractivity contribution is -0.136. The molecule has 3 aromatic rings. The Morgan fingerprint density at radius 3 is 2.45 bits per heavy atom. The molecule has 0 radical (unpaired) electrons. The Bertz CT molecular complexity index is 831. The van der Waals surface area contributed by atoms with E-state index in [0.717, 1.165) is 6.07 Å². The van der Waals surface area contributed by atoms with Gasteiger partial charge in [-0.1, -0.05) is 35.9 Å². The van der Waals surface area contributed by atoms with E-state index in [1.54, 1.807) is 30.3 Å². The maximum Gasteiger partial charge on any atom is 0.418 e. The second kappa shape index (κ2) is 5.50. The number of fused-ring (bicyclic) bond motifs is 1. The summed E-state index contributed by atoms with van der Waals surface area (Å²) in [7, 11) is 0. The van der Waals surface area contributed by atoms with Crippen molar-refractivity contribution < 1.29 is 13.2 Å². The maximum atomic E-state index is 13.1. The standard InChI is InChI=1S/C16H10ClF3N2/c17-12-6-3-4-10-13(8-9-21-15(10)12)22-14-7-2-1-5-11(14)16(18,19)20/h1-9H,(H,21,22). The van der Waals surface area contributed by atoms with E-state index in [1.807, 2.05) is 0 Å². The van der Waals surface area contributed by atoms with Crippen LogP contribution in [-0.4, -0.2) is 4.98 Å². The number of hydrogen-bond acceptors (Lipinski definition) is 2. The molecule has 0 unspecified atom stereocenters. The van der Waals surface area contributed by atoms with Crippen LogP contribution in [0, 0.1) is 0 Å². The predicted molar refractivity (Wildman–Crippen MR) is 81.5 cm³/mol. The van der Waals surface area contributed by atoms with Crippen LogP contribution in [0.3, 0.4) is 0 Å². The molecule has 0 atom stereocenters. The number of nitrogens with one attached hydrogen (secondary N) is 1. The van der Waals surface area contributed by atoms with Gasteiger partial charge in [0.2, 0.25) is 0 Å². The van der Waals surface area contributed by atoms with Crippen molar-refractivity contribution in [1.82, 2.24) is 4.98 Å². The Morgan fingerprint density at radius 1 is 0.909 bits per heavy atom. The largest absolute Gasteiger partial charge is 0.418 e. The molecule has 1 heterocycles. The van der Waals surface area contributed by atoms with Crippen molar-refractivity contribution in [3.05, 3.63) is 65.3 Å². The SMILES string of the molecule is FC(F)(F)c1ccccc1Nc1ccnc2c(Cl)cccc12. The molecule has 0 aliphatic carbocycles. The van der Waals surface area contributed by atoms with Gasteiger partial charge in [-0.05, 0) is 24.3 Å². The van der Waals surface area contributed by atoms with E-state index in [4.69, 9.17) is 11.6 Å². The van der Waals surface area contributed by atoms with Gasteiger partial charge in [0.05, 0.1) is 21.8 Å². The molecule has 0 bridgehead atoms. The van der Waals surface area contributed by atoms with Gasteiger partial charge in [-0.2, -0.15) is 13.2 Å². The highest BCUT2D eigenvalue weighted by Gasteiger charge is 2.33. The summed E-state index contributed by atoms with van der Waals surface area (Å²) in [6.07, 6.45) is -2.92. The first-order chi connectivity index (χ1) is 10.5. The summed E-state index contributed by atoms with van der Waals surface area (Å²) >= 11 is 6.07. The van der Waals surface area contributed by atoms with Gasteiger partial charge >= 0.3 is 6.18 Å². The lowest BCUT2D eigenvalue weighted by atomic mass is 10.1. The Balaban J connectivity index is 2.11. The molecule has 0 saturated carbocycles. The van der Waals surface area contributed by atoms with Crippen LogP contribution in [0.4, 0.5) is 24.5 Å². The average molecular weight is 323 g/mol. The number of aromatic nitrogens is 1. The van der Waals surface area contributed by atoms with Crippen molar-refractivity contribution in [3.63, 3.8) is 0 Å². The minimum absolute atomic E-state index is 0.0116. The highest BCUT2D eigenvalue weighted by atomic mass is 35.5. The molecule has 0 amide bonds. The molecule has 6 heteroatoms. The fourth-order valence-electron chi connectivity index (χ4n) is 2.23. The molecule has 0 aliphatic rings. The molecule has 0 aliphatic heterocycles. The summed E-state index contributed by atoms with van der Waals surface area (Å²) in [6, 6.07) is 12.1. The lowest BCUT2D eigenvalue weighted by Gasteiger charge is -2.15. The Morgan fingerprint density at radius 2 is 1.68 bits per heavy atom. The van der Waals surface area contributed by atoms with Crippen LogP contribution in [0.15, 0.2) is 54.7 Å². The minimum Gasteiger partial charge on any atom is -0.354 e. The van der Waals surface area contributed by atoms with Crippen molar-refractivity contribution in [2.24, 2.45) is 0 Å². The van der Waals surface area contributed by atoms with E-state index in [9.17, 15) is 13.2 Å². The van der Waals surface area contributed by atoms with Crippen LogP contribution in [-0.2, 0) is 6.18 Å². The zero-order valence-electron chi connectivity index (χ0n) is 11.2. The molecule has 0 saturated heterocycles. The van der Waals surface area contributed by atoms with E-state index < -0.39 is 11.7 Å². The summed E-state index contributed by atoms with van der Waals surface area (Å²) < 4.78 is 39.2. The average Bonchev–Trinajstić information content (AvgIpc) is 2.48. The Kier molecular flexibility index (Phi) is 3.66. The summed E-state index contributed by atoms with van der Waals surface area (Å²) in [4.78, 5) is 4.16. The first-order valence-electron chi connectivity index (χ1n) is 6.43. The van der Waals surface area contributed by atoms with Gasteiger partial charge in [0.25, 0.3) is 0 Å². The Labute approximate surface area is 129 Å². The molecule has 2 nitrogen and oxygen atoms in total. The van der Waals surface area contributed by atoms with Crippen LogP contribution in [0.2, 0.25) is 5.02 Å². The van der Waals surface area contributed by atoms with Crippen LogP contribution in [0.25, 0.3) is 10.9 Å². The normalized spacial score (nSPS) is 11.6. The summed E-state index contributed by atoms with van der Waals surface area (Å²) in [5.41, 5.74) is 0.326. The topological polar surface area (TPSA) is 24.9 Å². The first-order valence-corrected chi connectivity index (χ1v) is 6.81. The third-order valence-corrected chi connectivity index (χ3v) is 3.53. The molecule has 22 heavy (non-hydrogen) atoms. The molecular weight excluding hydrogens is 313 g/mol. The molecule has 1 aromatic heterocycles. The van der Waals surface area contributed by atoms with Gasteiger partial charge in [-0.15, -0.1) is 0 Å². The third kappa shape index (κ3) is 2.72. The number of rotatable bonds is 2. The number of anilines is 2. The van der Waals surface area contributed by atoms with E-state index >= 15 is 0 Å². The van der Waals surface area contributed by atoms with Crippen molar-refractivity contribution in [3.8, 4) is 0 Å². The zero-order chi connectivity index (χ0) is 15.7. The molecule has 1 N–H and O–H groups in total. The van der Waals surface area contributed by atoms with E-state index in [2.05, 4.69) is 10.3 Å². The maximum absolute atomic E-state index is 13.1. The van der Waals surface area contributed by atoms with Crippen LogP contribution >= 0.6 is 11.6 Å². The molecule has 2 aromatic carbocycles. The van der Waals surface area contributed by atoms with E-state index in [0.29, 0.717) is 21.6 Å². The number of pyridine rings is 1. The van der Waals surface area contributed by atoms with Crippen molar-refractivity contribution in [2.45, 2.75) is 6.18 Å². The fourth-order valence-corrected chi connectivity index (χ4v) is 2.46. The third-order valence-electron chi connectivity index (χ3n) is 3.22. The highest BCUT2D eigenvalue weighted by Crippen LogP contribution is 2.37. The second-order valence-electron chi connectivity index (χ2n) is 4.66.